The average Bonchev–Trinajstić information content (AvgIpc) is 2.48. The molecule has 0 amide bonds. The predicted molar refractivity (Wildman–Crippen MR) is 38.4 cm³/mol. The third-order valence-corrected chi connectivity index (χ3v) is 2.20. The van der Waals surface area contributed by atoms with Crippen LogP contribution in [0.25, 0.3) is 0 Å². The summed E-state index contributed by atoms with van der Waals surface area (Å²) in [7, 11) is 1.77. The molecule has 1 heteroatoms. The quantitative estimate of drug-likeness (QED) is 0.527. The molecule has 1 aliphatic carbocycles. The molecule has 0 aliphatic heterocycles. The van der Waals surface area contributed by atoms with Crippen LogP contribution in [-0.2, 0) is 4.74 Å². The fourth-order valence-corrected chi connectivity index (χ4v) is 1.29. The SMILES string of the molecule is COCCCC1CC1C. The molecule has 54 valence electrons. The minimum Gasteiger partial charge on any atom is -0.385 e. The van der Waals surface area contributed by atoms with Crippen LogP contribution in [0.3, 0.4) is 0 Å². The van der Waals surface area contributed by atoms with Crippen LogP contribution in [0.5, 0.6) is 0 Å². The van der Waals surface area contributed by atoms with E-state index in [0.29, 0.717) is 0 Å². The van der Waals surface area contributed by atoms with Crippen molar-refractivity contribution in [1.82, 2.24) is 0 Å². The molecule has 0 radical (unpaired) electrons. The van der Waals surface area contributed by atoms with Gasteiger partial charge in [0.05, 0.1) is 0 Å². The lowest BCUT2D eigenvalue weighted by Gasteiger charge is -1.95. The predicted octanol–water partition coefficient (Wildman–Crippen LogP) is 2.07. The van der Waals surface area contributed by atoms with Gasteiger partial charge in [0.25, 0.3) is 0 Å². The molecule has 0 aromatic carbocycles. The summed E-state index contributed by atoms with van der Waals surface area (Å²) in [6.45, 7) is 3.28. The van der Waals surface area contributed by atoms with Gasteiger partial charge in [0, 0.05) is 13.7 Å². The van der Waals surface area contributed by atoms with Crippen LogP contribution in [0.4, 0.5) is 0 Å². The minimum absolute atomic E-state index is 0.948. The smallest absolute Gasteiger partial charge is 0.0462 e. The third kappa shape index (κ3) is 2.35. The number of rotatable bonds is 4. The van der Waals surface area contributed by atoms with Crippen LogP contribution in [-0.4, -0.2) is 13.7 Å². The fourth-order valence-electron chi connectivity index (χ4n) is 1.29. The van der Waals surface area contributed by atoms with E-state index in [0.717, 1.165) is 18.4 Å². The summed E-state index contributed by atoms with van der Waals surface area (Å²) in [5, 5.41) is 0. The van der Waals surface area contributed by atoms with Gasteiger partial charge in [-0.2, -0.15) is 0 Å². The summed E-state index contributed by atoms with van der Waals surface area (Å²) in [4.78, 5) is 0. The van der Waals surface area contributed by atoms with E-state index < -0.39 is 0 Å². The zero-order valence-electron chi connectivity index (χ0n) is 6.39. The Morgan fingerprint density at radius 3 is 2.67 bits per heavy atom. The van der Waals surface area contributed by atoms with Crippen molar-refractivity contribution < 1.29 is 4.74 Å². The Hall–Kier alpha value is -0.0400. The van der Waals surface area contributed by atoms with E-state index in [2.05, 4.69) is 6.92 Å². The molecule has 0 aromatic rings. The monoisotopic (exact) mass is 128 g/mol. The standard InChI is InChI=1S/C8H16O/c1-7-6-8(7)4-3-5-9-2/h7-8H,3-6H2,1-2H3. The van der Waals surface area contributed by atoms with Gasteiger partial charge >= 0.3 is 0 Å². The molecule has 0 aromatic heterocycles. The van der Waals surface area contributed by atoms with Crippen molar-refractivity contribution in [2.45, 2.75) is 26.2 Å². The highest BCUT2D eigenvalue weighted by Gasteiger charge is 2.31. The first kappa shape index (κ1) is 7.07. The molecule has 1 nitrogen and oxygen atoms in total. The van der Waals surface area contributed by atoms with Crippen molar-refractivity contribution >= 4 is 0 Å². The summed E-state index contributed by atoms with van der Waals surface area (Å²) in [6, 6.07) is 0. The van der Waals surface area contributed by atoms with E-state index in [1.807, 2.05) is 0 Å². The highest BCUT2D eigenvalue weighted by atomic mass is 16.5. The lowest BCUT2D eigenvalue weighted by Crippen LogP contribution is -1.89. The second-order valence-electron chi connectivity index (χ2n) is 3.11. The van der Waals surface area contributed by atoms with Crippen molar-refractivity contribution in [1.29, 1.82) is 0 Å². The van der Waals surface area contributed by atoms with Gasteiger partial charge in [-0.1, -0.05) is 6.92 Å². The van der Waals surface area contributed by atoms with Gasteiger partial charge in [0.1, 0.15) is 0 Å². The van der Waals surface area contributed by atoms with Crippen LogP contribution in [0.2, 0.25) is 0 Å². The second-order valence-corrected chi connectivity index (χ2v) is 3.11. The van der Waals surface area contributed by atoms with Gasteiger partial charge in [-0.15, -0.1) is 0 Å². The lowest BCUT2D eigenvalue weighted by atomic mass is 10.2. The lowest BCUT2D eigenvalue weighted by molar-refractivity contribution is 0.190. The van der Waals surface area contributed by atoms with Crippen LogP contribution < -0.4 is 0 Å². The Morgan fingerprint density at radius 1 is 1.56 bits per heavy atom. The van der Waals surface area contributed by atoms with E-state index in [1.165, 1.54) is 19.3 Å². The van der Waals surface area contributed by atoms with Gasteiger partial charge in [-0.3, -0.25) is 0 Å². The first-order valence-electron chi connectivity index (χ1n) is 3.83. The molecule has 1 aliphatic rings. The molecule has 9 heavy (non-hydrogen) atoms. The second kappa shape index (κ2) is 3.21. The Kier molecular flexibility index (Phi) is 2.52. The molecule has 2 unspecified atom stereocenters. The maximum atomic E-state index is 4.96. The topological polar surface area (TPSA) is 9.23 Å². The van der Waals surface area contributed by atoms with Crippen molar-refractivity contribution in [3.63, 3.8) is 0 Å². The van der Waals surface area contributed by atoms with Crippen LogP contribution in [0, 0.1) is 11.8 Å². The largest absolute Gasteiger partial charge is 0.385 e. The highest BCUT2D eigenvalue weighted by Crippen LogP contribution is 2.41. The fraction of sp³-hybridized carbons (Fsp3) is 1.00. The van der Waals surface area contributed by atoms with Crippen LogP contribution in [0.1, 0.15) is 26.2 Å². The summed E-state index contributed by atoms with van der Waals surface area (Å²) in [5.41, 5.74) is 0. The van der Waals surface area contributed by atoms with Gasteiger partial charge in [0.15, 0.2) is 0 Å². The van der Waals surface area contributed by atoms with Gasteiger partial charge in [0.2, 0.25) is 0 Å². The van der Waals surface area contributed by atoms with Crippen molar-refractivity contribution in [2.24, 2.45) is 11.8 Å². The van der Waals surface area contributed by atoms with Crippen LogP contribution in [0.15, 0.2) is 0 Å². The molecule has 0 bridgehead atoms. The molecule has 0 spiro atoms. The van der Waals surface area contributed by atoms with Gasteiger partial charge < -0.3 is 4.74 Å². The highest BCUT2D eigenvalue weighted by molar-refractivity contribution is 4.81. The molecule has 1 rings (SSSR count). The maximum absolute atomic E-state index is 4.96. The number of ether oxygens (including phenoxy) is 1. The van der Waals surface area contributed by atoms with Gasteiger partial charge in [-0.25, -0.2) is 0 Å². The van der Waals surface area contributed by atoms with E-state index in [-0.39, 0.29) is 0 Å². The minimum atomic E-state index is 0.948. The van der Waals surface area contributed by atoms with Crippen molar-refractivity contribution in [3.8, 4) is 0 Å². The summed E-state index contributed by atoms with van der Waals surface area (Å²) < 4.78 is 4.96. The van der Waals surface area contributed by atoms with Crippen LogP contribution >= 0.6 is 0 Å². The summed E-state index contributed by atoms with van der Waals surface area (Å²) >= 11 is 0. The molecule has 1 saturated carbocycles. The third-order valence-electron chi connectivity index (χ3n) is 2.20. The number of hydrogen-bond donors (Lipinski definition) is 0. The molecule has 0 saturated heterocycles. The zero-order chi connectivity index (χ0) is 6.69. The zero-order valence-corrected chi connectivity index (χ0v) is 6.39. The summed E-state index contributed by atoms with van der Waals surface area (Å²) in [5.74, 6) is 2.06. The Balaban J connectivity index is 1.83. The molecular weight excluding hydrogens is 112 g/mol. The van der Waals surface area contributed by atoms with E-state index >= 15 is 0 Å². The maximum Gasteiger partial charge on any atom is 0.0462 e. The number of methoxy groups -OCH3 is 1. The van der Waals surface area contributed by atoms with E-state index in [9.17, 15) is 0 Å². The number of hydrogen-bond acceptors (Lipinski definition) is 1. The van der Waals surface area contributed by atoms with Crippen molar-refractivity contribution in [3.05, 3.63) is 0 Å². The van der Waals surface area contributed by atoms with Gasteiger partial charge in [-0.05, 0) is 31.1 Å². The molecule has 0 N–H and O–H groups in total. The molecule has 2 atom stereocenters. The Morgan fingerprint density at radius 2 is 2.22 bits per heavy atom. The Bertz CT molecular complexity index is 80.6. The first-order chi connectivity index (χ1) is 4.34. The molecule has 1 fully saturated rings. The molecule has 0 heterocycles. The first-order valence-corrected chi connectivity index (χ1v) is 3.83. The summed E-state index contributed by atoms with van der Waals surface area (Å²) in [6.07, 6.45) is 4.10. The molecular formula is C8H16O. The van der Waals surface area contributed by atoms with E-state index in [1.54, 1.807) is 7.11 Å². The average molecular weight is 128 g/mol. The normalized spacial score (nSPS) is 32.7. The van der Waals surface area contributed by atoms with E-state index in [4.69, 9.17) is 4.74 Å². The van der Waals surface area contributed by atoms with Crippen molar-refractivity contribution in [2.75, 3.05) is 13.7 Å². The Labute approximate surface area is 57.4 Å².